The predicted molar refractivity (Wildman–Crippen MR) is 113 cm³/mol. The number of methoxy groups -OCH3 is 1. The SMILES string of the molecule is COc1c(-c2ccn(C3CC3)n2)cc(COCc2cc(F)cc(NC(=O)O)n2)cc1[N+](=O)[O-]. The average Bonchev–Trinajstić information content (AvgIpc) is 3.49. The lowest BCUT2D eigenvalue weighted by Crippen LogP contribution is -2.10. The Balaban J connectivity index is 1.56. The van der Waals surface area contributed by atoms with Crippen molar-refractivity contribution in [3.8, 4) is 17.0 Å². The van der Waals surface area contributed by atoms with Crippen LogP contribution in [0.4, 0.5) is 20.7 Å². The number of nitrogens with zero attached hydrogens (tertiary/aromatic N) is 4. The molecule has 1 amide bonds. The van der Waals surface area contributed by atoms with Crippen LogP contribution in [0.15, 0.2) is 36.5 Å². The minimum Gasteiger partial charge on any atom is -0.490 e. The number of pyridine rings is 1. The first-order chi connectivity index (χ1) is 15.8. The Kier molecular flexibility index (Phi) is 6.18. The standard InChI is InChI=1S/C21H20FN5O6/c1-32-20-16(17-4-5-26(25-17)15-2-3-15)6-12(7-18(20)27(30)31)10-33-11-14-8-13(22)9-19(23-14)24-21(28)29/h4-9,15H,2-3,10-11H2,1H3,(H,23,24)(H,28,29). The number of carbonyl (C=O) groups is 1. The van der Waals surface area contributed by atoms with Gasteiger partial charge in [-0.3, -0.25) is 20.1 Å². The second kappa shape index (κ2) is 9.20. The smallest absolute Gasteiger partial charge is 0.410 e. The molecule has 0 aliphatic heterocycles. The number of halogens is 1. The van der Waals surface area contributed by atoms with Gasteiger partial charge in [0.2, 0.25) is 5.75 Å². The van der Waals surface area contributed by atoms with Crippen LogP contribution < -0.4 is 10.1 Å². The fourth-order valence-electron chi connectivity index (χ4n) is 3.39. The normalized spacial score (nSPS) is 13.0. The zero-order chi connectivity index (χ0) is 23.5. The second-order valence-corrected chi connectivity index (χ2v) is 7.45. The summed E-state index contributed by atoms with van der Waals surface area (Å²) in [6.45, 7) is -0.182. The maximum atomic E-state index is 13.7. The van der Waals surface area contributed by atoms with Crippen molar-refractivity contribution >= 4 is 17.6 Å². The monoisotopic (exact) mass is 457 g/mol. The fourth-order valence-corrected chi connectivity index (χ4v) is 3.39. The van der Waals surface area contributed by atoms with Crippen molar-refractivity contribution in [2.45, 2.75) is 32.1 Å². The molecule has 172 valence electrons. The maximum absolute atomic E-state index is 13.7. The minimum atomic E-state index is -1.37. The molecular formula is C21H20FN5O6. The van der Waals surface area contributed by atoms with Crippen molar-refractivity contribution in [1.29, 1.82) is 0 Å². The summed E-state index contributed by atoms with van der Waals surface area (Å²) in [7, 11) is 1.36. The predicted octanol–water partition coefficient (Wildman–Crippen LogP) is 4.14. The third-order valence-corrected chi connectivity index (χ3v) is 4.93. The molecule has 0 unspecified atom stereocenters. The van der Waals surface area contributed by atoms with E-state index in [4.69, 9.17) is 14.6 Å². The van der Waals surface area contributed by atoms with Crippen LogP contribution in [0.2, 0.25) is 0 Å². The van der Waals surface area contributed by atoms with Crippen LogP contribution in [-0.4, -0.2) is 38.0 Å². The largest absolute Gasteiger partial charge is 0.490 e. The van der Waals surface area contributed by atoms with Gasteiger partial charge in [0.25, 0.3) is 0 Å². The molecular weight excluding hydrogens is 437 g/mol. The van der Waals surface area contributed by atoms with Gasteiger partial charge in [-0.1, -0.05) is 0 Å². The molecule has 0 spiro atoms. The van der Waals surface area contributed by atoms with E-state index in [1.807, 2.05) is 16.2 Å². The van der Waals surface area contributed by atoms with Crippen LogP contribution in [0, 0.1) is 15.9 Å². The van der Waals surface area contributed by atoms with Crippen LogP contribution >= 0.6 is 0 Å². The van der Waals surface area contributed by atoms with E-state index in [-0.39, 0.29) is 36.2 Å². The van der Waals surface area contributed by atoms with Crippen molar-refractivity contribution in [3.05, 3.63) is 63.7 Å². The highest BCUT2D eigenvalue weighted by molar-refractivity contribution is 5.81. The lowest BCUT2D eigenvalue weighted by molar-refractivity contribution is -0.385. The quantitative estimate of drug-likeness (QED) is 0.361. The van der Waals surface area contributed by atoms with E-state index < -0.39 is 16.8 Å². The van der Waals surface area contributed by atoms with Gasteiger partial charge in [-0.2, -0.15) is 5.10 Å². The highest BCUT2D eigenvalue weighted by Crippen LogP contribution is 2.40. The fraction of sp³-hybridized carbons (Fsp3) is 0.286. The van der Waals surface area contributed by atoms with E-state index in [0.29, 0.717) is 22.9 Å². The van der Waals surface area contributed by atoms with Crippen molar-refractivity contribution < 1.29 is 28.7 Å². The summed E-state index contributed by atoms with van der Waals surface area (Å²) in [6.07, 6.45) is 2.55. The summed E-state index contributed by atoms with van der Waals surface area (Å²) in [5.74, 6) is -0.753. The van der Waals surface area contributed by atoms with Gasteiger partial charge >= 0.3 is 11.8 Å². The van der Waals surface area contributed by atoms with Gasteiger partial charge < -0.3 is 14.6 Å². The number of rotatable bonds is 9. The molecule has 1 saturated carbocycles. The highest BCUT2D eigenvalue weighted by Gasteiger charge is 2.27. The summed E-state index contributed by atoms with van der Waals surface area (Å²) in [6, 6.07) is 7.22. The number of anilines is 1. The molecule has 12 heteroatoms. The topological polar surface area (TPSA) is 142 Å². The zero-order valence-electron chi connectivity index (χ0n) is 17.5. The molecule has 0 radical (unpaired) electrons. The van der Waals surface area contributed by atoms with E-state index in [1.165, 1.54) is 13.2 Å². The lowest BCUT2D eigenvalue weighted by atomic mass is 10.1. The second-order valence-electron chi connectivity index (χ2n) is 7.45. The number of carboxylic acid groups (broad SMARTS) is 1. The first-order valence-electron chi connectivity index (χ1n) is 9.99. The molecule has 0 bridgehead atoms. The highest BCUT2D eigenvalue weighted by atomic mass is 19.1. The third-order valence-electron chi connectivity index (χ3n) is 4.93. The average molecular weight is 457 g/mol. The number of nitrogens with one attached hydrogen (secondary N) is 1. The molecule has 1 aliphatic rings. The molecule has 2 N–H and O–H groups in total. The van der Waals surface area contributed by atoms with Crippen molar-refractivity contribution in [3.63, 3.8) is 0 Å². The molecule has 1 aromatic carbocycles. The molecule has 2 heterocycles. The molecule has 2 aromatic heterocycles. The number of aromatic nitrogens is 3. The zero-order valence-corrected chi connectivity index (χ0v) is 17.5. The molecule has 1 aliphatic carbocycles. The first kappa shape index (κ1) is 22.1. The third kappa shape index (κ3) is 5.23. The van der Waals surface area contributed by atoms with E-state index in [9.17, 15) is 19.3 Å². The van der Waals surface area contributed by atoms with E-state index in [2.05, 4.69) is 10.1 Å². The van der Waals surface area contributed by atoms with Crippen LogP contribution in [-0.2, 0) is 18.0 Å². The van der Waals surface area contributed by atoms with E-state index in [1.54, 1.807) is 12.1 Å². The number of amides is 1. The number of nitro groups is 1. The molecule has 3 aromatic rings. The van der Waals surface area contributed by atoms with Gasteiger partial charge in [0, 0.05) is 18.3 Å². The molecule has 0 atom stereocenters. The Hall–Kier alpha value is -4.06. The van der Waals surface area contributed by atoms with Crippen molar-refractivity contribution in [2.24, 2.45) is 0 Å². The van der Waals surface area contributed by atoms with E-state index >= 15 is 0 Å². The first-order valence-corrected chi connectivity index (χ1v) is 9.99. The molecule has 11 nitrogen and oxygen atoms in total. The van der Waals surface area contributed by atoms with Crippen molar-refractivity contribution in [1.82, 2.24) is 14.8 Å². The minimum absolute atomic E-state index is 0.0406. The van der Waals surface area contributed by atoms with Crippen LogP contribution in [0.3, 0.4) is 0 Å². The van der Waals surface area contributed by atoms with Gasteiger partial charge in [0.1, 0.15) is 11.6 Å². The number of hydrogen-bond donors (Lipinski definition) is 2. The molecule has 0 saturated heterocycles. The van der Waals surface area contributed by atoms with Gasteiger partial charge in [-0.25, -0.2) is 14.2 Å². The van der Waals surface area contributed by atoms with Gasteiger partial charge in [0.05, 0.1) is 48.2 Å². The maximum Gasteiger partial charge on any atom is 0.410 e. The molecule has 4 rings (SSSR count). The van der Waals surface area contributed by atoms with Crippen LogP contribution in [0.25, 0.3) is 11.3 Å². The summed E-state index contributed by atoms with van der Waals surface area (Å²) in [4.78, 5) is 25.8. The van der Waals surface area contributed by atoms with Crippen molar-refractivity contribution in [2.75, 3.05) is 12.4 Å². The Bertz CT molecular complexity index is 1210. The molecule has 33 heavy (non-hydrogen) atoms. The number of hydrogen-bond acceptors (Lipinski definition) is 7. The number of benzene rings is 1. The Morgan fingerprint density at radius 3 is 2.79 bits per heavy atom. The summed E-state index contributed by atoms with van der Waals surface area (Å²) in [5, 5.41) is 26.9. The Morgan fingerprint density at radius 2 is 2.12 bits per heavy atom. The molecule has 1 fully saturated rings. The number of nitro benzene ring substituents is 1. The van der Waals surface area contributed by atoms with Gasteiger partial charge in [0.15, 0.2) is 0 Å². The summed E-state index contributed by atoms with van der Waals surface area (Å²) >= 11 is 0. The Labute approximate surface area is 186 Å². The van der Waals surface area contributed by atoms with Gasteiger partial charge in [-0.15, -0.1) is 0 Å². The summed E-state index contributed by atoms with van der Waals surface area (Å²) < 4.78 is 26.5. The Morgan fingerprint density at radius 1 is 1.33 bits per heavy atom. The van der Waals surface area contributed by atoms with Crippen LogP contribution in [0.5, 0.6) is 5.75 Å². The summed E-state index contributed by atoms with van der Waals surface area (Å²) in [5.41, 5.74) is 1.41. The number of ether oxygens (including phenoxy) is 2. The lowest BCUT2D eigenvalue weighted by Gasteiger charge is -2.11. The van der Waals surface area contributed by atoms with E-state index in [0.717, 1.165) is 25.0 Å². The van der Waals surface area contributed by atoms with Gasteiger partial charge in [-0.05, 0) is 36.6 Å². The van der Waals surface area contributed by atoms with Crippen LogP contribution in [0.1, 0.15) is 30.1 Å².